The molecule has 6 aromatic carbocycles. The summed E-state index contributed by atoms with van der Waals surface area (Å²) in [5.74, 6) is 7.74. The number of hydrogen-bond donors (Lipinski definition) is 0. The molecule has 55 heavy (non-hydrogen) atoms. The Kier molecular flexibility index (Phi) is 12.6. The van der Waals surface area contributed by atoms with E-state index in [1.54, 1.807) is 0 Å². The molecule has 6 aromatic rings. The van der Waals surface area contributed by atoms with Crippen LogP contribution in [0.2, 0.25) is 18.1 Å². The molecule has 0 unspecified atom stereocenters. The Morgan fingerprint density at radius 1 is 0.491 bits per heavy atom. The maximum absolute atomic E-state index is 6.78. The van der Waals surface area contributed by atoms with E-state index in [9.17, 15) is 0 Å². The van der Waals surface area contributed by atoms with Gasteiger partial charge in [0.1, 0.15) is 0 Å². The Labute approximate surface area is 333 Å². The van der Waals surface area contributed by atoms with E-state index >= 15 is 0 Å². The molecule has 0 saturated heterocycles. The summed E-state index contributed by atoms with van der Waals surface area (Å²) >= 11 is 0. The second-order valence-corrected chi connectivity index (χ2v) is 27.6. The van der Waals surface area contributed by atoms with Crippen molar-refractivity contribution in [2.75, 3.05) is 6.61 Å². The summed E-state index contributed by atoms with van der Waals surface area (Å²) in [6.07, 6.45) is 2.27. The van der Waals surface area contributed by atoms with Gasteiger partial charge in [0.2, 0.25) is 16.1 Å². The molecule has 6 rings (SSSR count). The van der Waals surface area contributed by atoms with Crippen molar-refractivity contribution >= 4 is 55.6 Å². The molecule has 0 radical (unpaired) electrons. The molecule has 0 amide bonds. The minimum Gasteiger partial charge on any atom is -0.416 e. The fourth-order valence-electron chi connectivity index (χ4n) is 6.89. The summed E-state index contributed by atoms with van der Waals surface area (Å²) < 4.78 is 6.78. The molecule has 0 fully saturated rings. The van der Waals surface area contributed by atoms with Crippen LogP contribution in [0.4, 0.5) is 0 Å². The van der Waals surface area contributed by atoms with E-state index in [1.165, 1.54) is 31.1 Å². The van der Waals surface area contributed by atoms with Crippen LogP contribution in [0, 0.1) is 28.8 Å². The monoisotopic (exact) mass is 764 g/mol. The Bertz CT molecular complexity index is 1940. The normalized spacial score (nSPS) is 12.3. The largest absolute Gasteiger partial charge is 0.416 e. The van der Waals surface area contributed by atoms with Crippen molar-refractivity contribution in [3.05, 3.63) is 194 Å². The molecular weight excluding hydrogens is 713 g/mol. The van der Waals surface area contributed by atoms with Gasteiger partial charge in [0.15, 0.2) is 8.32 Å². The fraction of sp³-hybridized carbons (Fsp3) is 0.176. The number of allylic oxidation sites excluding steroid dienone is 1. The van der Waals surface area contributed by atoms with Crippen molar-refractivity contribution in [3.8, 4) is 22.9 Å². The van der Waals surface area contributed by atoms with Crippen LogP contribution in [0.5, 0.6) is 0 Å². The Morgan fingerprint density at radius 2 is 0.745 bits per heavy atom. The first-order chi connectivity index (χ1) is 26.6. The van der Waals surface area contributed by atoms with Gasteiger partial charge in [-0.25, -0.2) is 0 Å². The molecule has 0 N–H and O–H groups in total. The molecule has 0 aliphatic rings. The Morgan fingerprint density at radius 3 is 0.982 bits per heavy atom. The average Bonchev–Trinajstić information content (AvgIpc) is 3.22. The van der Waals surface area contributed by atoms with Crippen molar-refractivity contribution < 1.29 is 4.43 Å². The van der Waals surface area contributed by atoms with E-state index in [4.69, 9.17) is 4.43 Å². The number of hydrogen-bond acceptors (Lipinski definition) is 1. The maximum atomic E-state index is 6.78. The molecule has 0 aliphatic carbocycles. The van der Waals surface area contributed by atoms with Crippen molar-refractivity contribution in [1.82, 2.24) is 0 Å². The highest BCUT2D eigenvalue weighted by atomic mass is 28.4. The smallest absolute Gasteiger partial charge is 0.230 e. The van der Waals surface area contributed by atoms with Gasteiger partial charge in [-0.05, 0) is 55.2 Å². The van der Waals surface area contributed by atoms with Gasteiger partial charge in [-0.15, -0.1) is 11.1 Å². The van der Waals surface area contributed by atoms with Gasteiger partial charge >= 0.3 is 0 Å². The van der Waals surface area contributed by atoms with Gasteiger partial charge in [-0.1, -0.05) is 228 Å². The molecule has 0 spiro atoms. The van der Waals surface area contributed by atoms with Crippen LogP contribution in [0.25, 0.3) is 0 Å². The fourth-order valence-corrected chi connectivity index (χ4v) is 15.7. The standard InChI is InChI=1S/C51H52OSi3/c1-43(42-52-53(5,6)51(2,3)4)41-44(37-39-54(45-25-13-7-14-26-45,46-27-15-8-16-28-46)47-29-17-9-18-30-47)38-40-55(48-31-19-10-20-32-48,49-33-21-11-22-34-49)50-35-23-12-24-36-50/h7-36,41,43H,42H2,1-6H3/t43-/m1/s1. The molecule has 1 atom stereocenters. The summed E-state index contributed by atoms with van der Waals surface area (Å²) in [7, 11) is -7.69. The molecule has 0 heterocycles. The van der Waals surface area contributed by atoms with Gasteiger partial charge < -0.3 is 4.43 Å². The lowest BCUT2D eigenvalue weighted by Gasteiger charge is -2.36. The third-order valence-corrected chi connectivity index (χ3v) is 23.7. The van der Waals surface area contributed by atoms with Gasteiger partial charge in [-0.3, -0.25) is 0 Å². The van der Waals surface area contributed by atoms with Gasteiger partial charge in [0.05, 0.1) is 5.57 Å². The highest BCUT2D eigenvalue weighted by molar-refractivity contribution is 7.17. The summed E-state index contributed by atoms with van der Waals surface area (Å²) in [6.45, 7) is 14.4. The van der Waals surface area contributed by atoms with Gasteiger partial charge in [-0.2, -0.15) is 0 Å². The third kappa shape index (κ3) is 8.86. The van der Waals surface area contributed by atoms with E-state index in [0.29, 0.717) is 6.61 Å². The lowest BCUT2D eigenvalue weighted by Crippen LogP contribution is -2.66. The Hall–Kier alpha value is -5.21. The second-order valence-electron chi connectivity index (χ2n) is 15.8. The summed E-state index contributed by atoms with van der Waals surface area (Å²) in [4.78, 5) is 0. The van der Waals surface area contributed by atoms with Crippen LogP contribution in [0.1, 0.15) is 27.7 Å². The summed E-state index contributed by atoms with van der Waals surface area (Å²) in [5.41, 5.74) is 8.92. The summed E-state index contributed by atoms with van der Waals surface area (Å²) in [5, 5.41) is 7.64. The lowest BCUT2D eigenvalue weighted by atomic mass is 10.1. The zero-order valence-electron chi connectivity index (χ0n) is 33.1. The van der Waals surface area contributed by atoms with E-state index in [0.717, 1.165) is 5.57 Å². The van der Waals surface area contributed by atoms with Crippen molar-refractivity contribution in [2.24, 2.45) is 5.92 Å². The van der Waals surface area contributed by atoms with Crippen LogP contribution in [-0.2, 0) is 4.43 Å². The minimum absolute atomic E-state index is 0.107. The van der Waals surface area contributed by atoms with Crippen LogP contribution in [0.15, 0.2) is 194 Å². The summed E-state index contributed by atoms with van der Waals surface area (Å²) in [6, 6.07) is 65.3. The molecule has 0 bridgehead atoms. The van der Waals surface area contributed by atoms with E-state index < -0.39 is 24.5 Å². The lowest BCUT2D eigenvalue weighted by molar-refractivity contribution is 0.259. The van der Waals surface area contributed by atoms with Gasteiger partial charge in [0, 0.05) is 6.61 Å². The second kappa shape index (κ2) is 17.5. The first-order valence-electron chi connectivity index (χ1n) is 19.3. The number of rotatable bonds is 10. The van der Waals surface area contributed by atoms with Crippen molar-refractivity contribution in [3.63, 3.8) is 0 Å². The predicted octanol–water partition coefficient (Wildman–Crippen LogP) is 8.00. The van der Waals surface area contributed by atoms with E-state index in [1.807, 2.05) is 0 Å². The molecule has 274 valence electrons. The topological polar surface area (TPSA) is 9.23 Å². The molecule has 4 heteroatoms. The molecule has 1 nitrogen and oxygen atoms in total. The average molecular weight is 765 g/mol. The third-order valence-electron chi connectivity index (χ3n) is 11.0. The first-order valence-corrected chi connectivity index (χ1v) is 26.2. The van der Waals surface area contributed by atoms with E-state index in [-0.39, 0.29) is 11.0 Å². The van der Waals surface area contributed by atoms with Crippen molar-refractivity contribution in [2.45, 2.75) is 45.8 Å². The van der Waals surface area contributed by atoms with E-state index in [2.05, 4.69) is 252 Å². The Balaban J connectivity index is 1.62. The minimum atomic E-state index is -2.86. The van der Waals surface area contributed by atoms with Crippen LogP contribution < -0.4 is 31.1 Å². The SMILES string of the molecule is C[C@H](C=C(C#C[Si](c1ccccc1)(c1ccccc1)c1ccccc1)C#C[Si](c1ccccc1)(c1ccccc1)c1ccccc1)CO[Si](C)(C)C(C)(C)C. The highest BCUT2D eigenvalue weighted by Gasteiger charge is 2.40. The first kappa shape index (κ1) is 39.5. The highest BCUT2D eigenvalue weighted by Crippen LogP contribution is 2.36. The van der Waals surface area contributed by atoms with Gasteiger partial charge in [0.25, 0.3) is 0 Å². The molecular formula is C51H52OSi3. The quantitative estimate of drug-likeness (QED) is 0.0782. The molecule has 0 aromatic heterocycles. The zero-order chi connectivity index (χ0) is 38.8. The zero-order valence-corrected chi connectivity index (χ0v) is 36.1. The molecule has 0 saturated carbocycles. The van der Waals surface area contributed by atoms with Crippen LogP contribution >= 0.6 is 0 Å². The predicted molar refractivity (Wildman–Crippen MR) is 244 cm³/mol. The molecule has 0 aliphatic heterocycles. The number of benzene rings is 6. The van der Waals surface area contributed by atoms with Crippen molar-refractivity contribution in [1.29, 1.82) is 0 Å². The van der Waals surface area contributed by atoms with Crippen LogP contribution in [0.3, 0.4) is 0 Å². The van der Waals surface area contributed by atoms with Crippen LogP contribution in [-0.4, -0.2) is 31.1 Å². The maximum Gasteiger partial charge on any atom is 0.230 e.